The number of hydrogen-bond acceptors (Lipinski definition) is 2. The Kier molecular flexibility index (Phi) is 0.944. The second kappa shape index (κ2) is 1.53. The van der Waals surface area contributed by atoms with E-state index in [-0.39, 0.29) is 11.3 Å². The minimum Gasteiger partial charge on any atom is -0.481 e. The van der Waals surface area contributed by atoms with E-state index in [0.717, 1.165) is 13.1 Å². The van der Waals surface area contributed by atoms with Crippen molar-refractivity contribution in [1.82, 2.24) is 5.32 Å². The third kappa shape index (κ3) is 0.475. The third-order valence-corrected chi connectivity index (χ3v) is 3.09. The molecule has 0 aromatic heterocycles. The first-order chi connectivity index (χ1) is 4.68. The van der Waals surface area contributed by atoms with Crippen LogP contribution in [0.25, 0.3) is 0 Å². The van der Waals surface area contributed by atoms with E-state index in [1.165, 1.54) is 0 Å². The minimum atomic E-state index is -0.617. The average molecular weight is 141 g/mol. The number of nitrogens with one attached hydrogen (secondary N) is 1. The highest BCUT2D eigenvalue weighted by Gasteiger charge is 2.68. The van der Waals surface area contributed by atoms with Gasteiger partial charge in [-0.2, -0.15) is 0 Å². The Hall–Kier alpha value is -0.570. The standard InChI is InChI=1S/C7H11NO2/c1-4-5(6(9)10)7(4)2-8-3-7/h4-5,8H,2-3H2,1H3,(H,9,10). The summed E-state index contributed by atoms with van der Waals surface area (Å²) < 4.78 is 0. The molecule has 56 valence electrons. The van der Waals surface area contributed by atoms with Gasteiger partial charge in [0.15, 0.2) is 0 Å². The molecule has 1 spiro atoms. The van der Waals surface area contributed by atoms with Gasteiger partial charge in [-0.3, -0.25) is 4.79 Å². The maximum Gasteiger partial charge on any atom is 0.307 e. The highest BCUT2D eigenvalue weighted by atomic mass is 16.4. The zero-order valence-electron chi connectivity index (χ0n) is 5.92. The molecule has 1 saturated heterocycles. The van der Waals surface area contributed by atoms with Gasteiger partial charge < -0.3 is 10.4 Å². The van der Waals surface area contributed by atoms with Gasteiger partial charge in [-0.05, 0) is 5.92 Å². The number of rotatable bonds is 1. The summed E-state index contributed by atoms with van der Waals surface area (Å²) in [6.07, 6.45) is 0. The van der Waals surface area contributed by atoms with Crippen LogP contribution in [0.5, 0.6) is 0 Å². The Labute approximate surface area is 59.4 Å². The van der Waals surface area contributed by atoms with E-state index < -0.39 is 5.97 Å². The lowest BCUT2D eigenvalue weighted by Crippen LogP contribution is -2.46. The summed E-state index contributed by atoms with van der Waals surface area (Å²) in [5, 5.41) is 11.8. The van der Waals surface area contributed by atoms with Gasteiger partial charge in [-0.15, -0.1) is 0 Å². The molecule has 1 saturated carbocycles. The van der Waals surface area contributed by atoms with Crippen molar-refractivity contribution in [2.75, 3.05) is 13.1 Å². The Morgan fingerprint density at radius 2 is 2.30 bits per heavy atom. The van der Waals surface area contributed by atoms with Crippen molar-refractivity contribution < 1.29 is 9.90 Å². The molecule has 2 rings (SSSR count). The first kappa shape index (κ1) is 6.16. The van der Waals surface area contributed by atoms with Gasteiger partial charge in [-0.25, -0.2) is 0 Å². The molecule has 0 radical (unpaired) electrons. The molecular weight excluding hydrogens is 130 g/mol. The van der Waals surface area contributed by atoms with Crippen molar-refractivity contribution in [2.45, 2.75) is 6.92 Å². The average Bonchev–Trinajstić information content (AvgIpc) is 2.33. The molecule has 0 amide bonds. The number of aliphatic carboxylic acids is 1. The van der Waals surface area contributed by atoms with E-state index in [1.54, 1.807) is 0 Å². The molecule has 2 atom stereocenters. The van der Waals surface area contributed by atoms with Gasteiger partial charge in [0.2, 0.25) is 0 Å². The minimum absolute atomic E-state index is 0.0613. The van der Waals surface area contributed by atoms with Crippen molar-refractivity contribution in [1.29, 1.82) is 0 Å². The molecule has 1 aliphatic heterocycles. The SMILES string of the molecule is CC1C(C(=O)O)C12CNC2. The van der Waals surface area contributed by atoms with Gasteiger partial charge in [0.1, 0.15) is 0 Å². The number of hydrogen-bond donors (Lipinski definition) is 2. The van der Waals surface area contributed by atoms with Gasteiger partial charge in [-0.1, -0.05) is 6.92 Å². The van der Waals surface area contributed by atoms with E-state index in [9.17, 15) is 4.79 Å². The number of carboxylic acid groups (broad SMARTS) is 1. The largest absolute Gasteiger partial charge is 0.481 e. The predicted octanol–water partition coefficient (Wildman–Crippen LogP) is -0.0735. The summed E-state index contributed by atoms with van der Waals surface area (Å²) in [5.74, 6) is -0.283. The molecule has 0 aromatic carbocycles. The van der Waals surface area contributed by atoms with E-state index in [2.05, 4.69) is 5.32 Å². The fourth-order valence-electron chi connectivity index (χ4n) is 2.11. The number of carboxylic acids is 1. The number of carbonyl (C=O) groups is 1. The fourth-order valence-corrected chi connectivity index (χ4v) is 2.11. The molecule has 0 bridgehead atoms. The van der Waals surface area contributed by atoms with Crippen LogP contribution in [0.2, 0.25) is 0 Å². The Bertz CT molecular complexity index is 186. The highest BCUT2D eigenvalue weighted by Crippen LogP contribution is 2.60. The summed E-state index contributed by atoms with van der Waals surface area (Å²) in [7, 11) is 0. The molecule has 2 unspecified atom stereocenters. The third-order valence-electron chi connectivity index (χ3n) is 3.09. The van der Waals surface area contributed by atoms with Crippen molar-refractivity contribution in [2.24, 2.45) is 17.3 Å². The van der Waals surface area contributed by atoms with Crippen LogP contribution < -0.4 is 5.32 Å². The van der Waals surface area contributed by atoms with Crippen LogP contribution in [0, 0.1) is 17.3 Å². The summed E-state index contributed by atoms with van der Waals surface area (Å²) in [6.45, 7) is 3.84. The smallest absolute Gasteiger partial charge is 0.307 e. The normalized spacial score (nSPS) is 40.9. The predicted molar refractivity (Wildman–Crippen MR) is 35.6 cm³/mol. The lowest BCUT2D eigenvalue weighted by molar-refractivity contribution is -0.139. The topological polar surface area (TPSA) is 49.3 Å². The zero-order valence-corrected chi connectivity index (χ0v) is 5.92. The van der Waals surface area contributed by atoms with Crippen LogP contribution in [-0.4, -0.2) is 24.2 Å². The van der Waals surface area contributed by atoms with Crippen LogP contribution >= 0.6 is 0 Å². The van der Waals surface area contributed by atoms with Crippen molar-refractivity contribution in [3.63, 3.8) is 0 Å². The van der Waals surface area contributed by atoms with Gasteiger partial charge >= 0.3 is 5.97 Å². The molecule has 10 heavy (non-hydrogen) atoms. The maximum absolute atomic E-state index is 10.6. The van der Waals surface area contributed by atoms with Crippen molar-refractivity contribution in [3.8, 4) is 0 Å². The van der Waals surface area contributed by atoms with Crippen LogP contribution in [0.4, 0.5) is 0 Å². The molecule has 2 aliphatic rings. The van der Waals surface area contributed by atoms with Crippen molar-refractivity contribution >= 4 is 5.97 Å². The Morgan fingerprint density at radius 3 is 2.40 bits per heavy atom. The van der Waals surface area contributed by atoms with E-state index in [1.807, 2.05) is 6.92 Å². The summed E-state index contributed by atoms with van der Waals surface area (Å²) in [4.78, 5) is 10.6. The Morgan fingerprint density at radius 1 is 1.70 bits per heavy atom. The van der Waals surface area contributed by atoms with E-state index in [4.69, 9.17) is 5.11 Å². The molecular formula is C7H11NO2. The van der Waals surface area contributed by atoms with Crippen LogP contribution in [-0.2, 0) is 4.79 Å². The molecule has 1 aliphatic carbocycles. The molecule has 2 N–H and O–H groups in total. The van der Waals surface area contributed by atoms with Crippen LogP contribution in [0.1, 0.15) is 6.92 Å². The van der Waals surface area contributed by atoms with Crippen LogP contribution in [0.15, 0.2) is 0 Å². The van der Waals surface area contributed by atoms with Crippen LogP contribution in [0.3, 0.4) is 0 Å². The summed E-state index contributed by atoms with van der Waals surface area (Å²) in [6, 6.07) is 0. The first-order valence-electron chi connectivity index (χ1n) is 3.62. The quantitative estimate of drug-likeness (QED) is 0.537. The molecule has 3 heteroatoms. The summed E-state index contributed by atoms with van der Waals surface area (Å²) in [5.41, 5.74) is 0.159. The lowest BCUT2D eigenvalue weighted by Gasteiger charge is -2.28. The molecule has 0 aromatic rings. The Balaban J connectivity index is 2.10. The van der Waals surface area contributed by atoms with Gasteiger partial charge in [0, 0.05) is 18.5 Å². The maximum atomic E-state index is 10.6. The summed E-state index contributed by atoms with van der Waals surface area (Å²) >= 11 is 0. The second-order valence-corrected chi connectivity index (χ2v) is 3.44. The zero-order chi connectivity index (χ0) is 7.35. The van der Waals surface area contributed by atoms with Crippen molar-refractivity contribution in [3.05, 3.63) is 0 Å². The fraction of sp³-hybridized carbons (Fsp3) is 0.857. The van der Waals surface area contributed by atoms with Gasteiger partial charge in [0.25, 0.3) is 0 Å². The van der Waals surface area contributed by atoms with E-state index >= 15 is 0 Å². The highest BCUT2D eigenvalue weighted by molar-refractivity contribution is 5.76. The molecule has 1 heterocycles. The molecule has 3 nitrogen and oxygen atoms in total. The van der Waals surface area contributed by atoms with Gasteiger partial charge in [0.05, 0.1) is 5.92 Å². The lowest BCUT2D eigenvalue weighted by atomic mass is 9.95. The second-order valence-electron chi connectivity index (χ2n) is 3.44. The first-order valence-corrected chi connectivity index (χ1v) is 3.62. The van der Waals surface area contributed by atoms with E-state index in [0.29, 0.717) is 5.92 Å². The monoisotopic (exact) mass is 141 g/mol. The molecule has 2 fully saturated rings.